The van der Waals surface area contributed by atoms with Gasteiger partial charge < -0.3 is 14.8 Å². The van der Waals surface area contributed by atoms with Gasteiger partial charge in [0.15, 0.2) is 6.61 Å². The van der Waals surface area contributed by atoms with Gasteiger partial charge in [-0.1, -0.05) is 17.7 Å². The molecule has 166 valence electrons. The quantitative estimate of drug-likeness (QED) is 0.414. The summed E-state index contributed by atoms with van der Waals surface area (Å²) in [4.78, 5) is 37.4. The van der Waals surface area contributed by atoms with E-state index >= 15 is 0 Å². The summed E-state index contributed by atoms with van der Waals surface area (Å²) in [6.45, 7) is 5.17. The Morgan fingerprint density at radius 2 is 1.88 bits per heavy atom. The van der Waals surface area contributed by atoms with Gasteiger partial charge in [-0.15, -0.1) is 6.58 Å². The molecule has 1 amide bonds. The average Bonchev–Trinajstić information content (AvgIpc) is 3.06. The van der Waals surface area contributed by atoms with Crippen LogP contribution in [0.2, 0.25) is 5.02 Å². The third-order valence-corrected chi connectivity index (χ3v) is 5.22. The highest BCUT2D eigenvalue weighted by Crippen LogP contribution is 2.31. The van der Waals surface area contributed by atoms with Crippen LogP contribution in [-0.4, -0.2) is 42.6 Å². The second kappa shape index (κ2) is 10.2. The highest BCUT2D eigenvalue weighted by atomic mass is 35.5. The summed E-state index contributed by atoms with van der Waals surface area (Å²) in [6.07, 6.45) is 1.42. The van der Waals surface area contributed by atoms with Crippen molar-refractivity contribution in [1.29, 1.82) is 0 Å². The van der Waals surface area contributed by atoms with Crippen LogP contribution in [0.15, 0.2) is 55.1 Å². The van der Waals surface area contributed by atoms with Crippen LogP contribution in [-0.2, 0) is 20.7 Å². The molecule has 1 aromatic heterocycles. The molecule has 0 saturated carbocycles. The monoisotopic (exact) mass is 454 g/mol. The van der Waals surface area contributed by atoms with Crippen molar-refractivity contribution in [2.75, 3.05) is 20.3 Å². The Balaban J connectivity index is 1.95. The summed E-state index contributed by atoms with van der Waals surface area (Å²) in [7, 11) is 1.54. The van der Waals surface area contributed by atoms with Crippen LogP contribution in [0.1, 0.15) is 21.6 Å². The lowest BCUT2D eigenvalue weighted by Gasteiger charge is -2.08. The van der Waals surface area contributed by atoms with Gasteiger partial charge in [0.05, 0.1) is 19.0 Å². The number of nitrogens with one attached hydrogen (secondary N) is 1. The van der Waals surface area contributed by atoms with Crippen molar-refractivity contribution < 1.29 is 23.9 Å². The number of esters is 1. The summed E-state index contributed by atoms with van der Waals surface area (Å²) in [5.74, 6) is -0.663. The number of ether oxygens (including phenoxy) is 2. The minimum absolute atomic E-state index is 0.106. The fraction of sp³-hybridized carbons (Fsp3) is 0.208. The van der Waals surface area contributed by atoms with Crippen LogP contribution >= 0.6 is 11.6 Å². The number of halogens is 1. The fourth-order valence-electron chi connectivity index (χ4n) is 3.37. The molecule has 7 nitrogen and oxygen atoms in total. The first-order valence-electron chi connectivity index (χ1n) is 9.87. The van der Waals surface area contributed by atoms with Gasteiger partial charge in [-0.05, 0) is 55.0 Å². The van der Waals surface area contributed by atoms with E-state index in [2.05, 4.69) is 11.9 Å². The van der Waals surface area contributed by atoms with Gasteiger partial charge >= 0.3 is 5.97 Å². The summed E-state index contributed by atoms with van der Waals surface area (Å²) < 4.78 is 12.0. The maximum atomic E-state index is 13.3. The molecular weight excluding hydrogens is 432 g/mol. The van der Waals surface area contributed by atoms with Gasteiger partial charge in [0, 0.05) is 28.2 Å². The summed E-state index contributed by atoms with van der Waals surface area (Å²) in [6, 6.07) is 11.9. The number of methoxy groups -OCH3 is 1. The van der Waals surface area contributed by atoms with E-state index in [-0.39, 0.29) is 18.9 Å². The number of fused-ring (bicyclic) bond motifs is 1. The zero-order valence-corrected chi connectivity index (χ0v) is 18.6. The molecule has 3 aromatic rings. The molecule has 2 aromatic carbocycles. The first-order chi connectivity index (χ1) is 15.3. The molecule has 0 atom stereocenters. The van der Waals surface area contributed by atoms with Crippen molar-refractivity contribution in [3.63, 3.8) is 0 Å². The Kier molecular flexibility index (Phi) is 7.33. The van der Waals surface area contributed by atoms with E-state index in [1.165, 1.54) is 6.08 Å². The Hall–Kier alpha value is -3.58. The molecule has 0 fully saturated rings. The van der Waals surface area contributed by atoms with Crippen LogP contribution in [0.5, 0.6) is 5.75 Å². The normalized spacial score (nSPS) is 10.6. The van der Waals surface area contributed by atoms with Crippen LogP contribution in [0, 0.1) is 6.92 Å². The molecular formula is C24H23ClN2O5. The van der Waals surface area contributed by atoms with E-state index in [0.29, 0.717) is 38.5 Å². The smallest absolute Gasteiger partial charge is 0.310 e. The number of nitrogens with zero attached hydrogens (tertiary/aromatic N) is 1. The molecule has 1 heterocycles. The van der Waals surface area contributed by atoms with Gasteiger partial charge in [0.1, 0.15) is 5.75 Å². The van der Waals surface area contributed by atoms with Crippen molar-refractivity contribution in [2.24, 2.45) is 0 Å². The molecule has 3 rings (SSSR count). The minimum Gasteiger partial charge on any atom is -0.497 e. The molecule has 8 heteroatoms. The van der Waals surface area contributed by atoms with Gasteiger partial charge in [-0.2, -0.15) is 0 Å². The predicted molar refractivity (Wildman–Crippen MR) is 122 cm³/mol. The molecule has 0 aliphatic rings. The molecule has 0 aliphatic heterocycles. The Morgan fingerprint density at radius 3 is 2.53 bits per heavy atom. The Morgan fingerprint density at radius 1 is 1.16 bits per heavy atom. The standard InChI is InChI=1S/C24H23ClN2O5/c1-4-11-26-22(28)14-32-23(29)13-19-15(2)27(21-10-9-18(31-3)12-20(19)21)24(30)16-5-7-17(25)8-6-16/h4-10,12H,1,11,13-14H2,2-3H3,(H,26,28). The van der Waals surface area contributed by atoms with E-state index in [0.717, 1.165) is 0 Å². The van der Waals surface area contributed by atoms with E-state index in [9.17, 15) is 14.4 Å². The first kappa shape index (κ1) is 23.1. The molecule has 1 N–H and O–H groups in total. The van der Waals surface area contributed by atoms with E-state index in [4.69, 9.17) is 21.1 Å². The number of benzene rings is 2. The molecule has 0 saturated heterocycles. The number of hydrogen-bond acceptors (Lipinski definition) is 5. The summed E-state index contributed by atoms with van der Waals surface area (Å²) >= 11 is 5.95. The van der Waals surface area contributed by atoms with Gasteiger partial charge in [-0.25, -0.2) is 0 Å². The number of amides is 1. The Labute approximate surface area is 190 Å². The maximum absolute atomic E-state index is 13.3. The molecule has 0 radical (unpaired) electrons. The average molecular weight is 455 g/mol. The van der Waals surface area contributed by atoms with E-state index < -0.39 is 18.5 Å². The minimum atomic E-state index is -0.581. The van der Waals surface area contributed by atoms with E-state index in [1.54, 1.807) is 61.1 Å². The lowest BCUT2D eigenvalue weighted by molar-refractivity contribution is -0.147. The molecule has 32 heavy (non-hydrogen) atoms. The zero-order chi connectivity index (χ0) is 23.3. The summed E-state index contributed by atoms with van der Waals surface area (Å²) in [5.41, 5.74) is 2.31. The lowest BCUT2D eigenvalue weighted by Crippen LogP contribution is -2.29. The van der Waals surface area contributed by atoms with Crippen LogP contribution < -0.4 is 10.1 Å². The van der Waals surface area contributed by atoms with Gasteiger partial charge in [0.2, 0.25) is 0 Å². The predicted octanol–water partition coefficient (Wildman–Crippen LogP) is 3.69. The number of rotatable bonds is 8. The van der Waals surface area contributed by atoms with Crippen LogP contribution in [0.25, 0.3) is 10.9 Å². The van der Waals surface area contributed by atoms with Crippen molar-refractivity contribution in [1.82, 2.24) is 9.88 Å². The summed E-state index contributed by atoms with van der Waals surface area (Å²) in [5, 5.41) is 3.76. The number of hydrogen-bond donors (Lipinski definition) is 1. The first-order valence-corrected chi connectivity index (χ1v) is 10.2. The third kappa shape index (κ3) is 5.00. The van der Waals surface area contributed by atoms with Gasteiger partial charge in [0.25, 0.3) is 11.8 Å². The molecule has 0 aliphatic carbocycles. The molecule has 0 unspecified atom stereocenters. The maximum Gasteiger partial charge on any atom is 0.310 e. The van der Waals surface area contributed by atoms with Crippen LogP contribution in [0.3, 0.4) is 0 Å². The van der Waals surface area contributed by atoms with Crippen molar-refractivity contribution >= 4 is 40.3 Å². The highest BCUT2D eigenvalue weighted by Gasteiger charge is 2.22. The second-order valence-corrected chi connectivity index (χ2v) is 7.46. The highest BCUT2D eigenvalue weighted by molar-refractivity contribution is 6.30. The van der Waals surface area contributed by atoms with Gasteiger partial charge in [-0.3, -0.25) is 19.0 Å². The van der Waals surface area contributed by atoms with Crippen molar-refractivity contribution in [2.45, 2.75) is 13.3 Å². The number of carbonyl (C=O) groups excluding carboxylic acids is 3. The topological polar surface area (TPSA) is 86.6 Å². The number of carbonyl (C=O) groups is 3. The van der Waals surface area contributed by atoms with E-state index in [1.807, 2.05) is 0 Å². The Bertz CT molecular complexity index is 1180. The number of aromatic nitrogens is 1. The van der Waals surface area contributed by atoms with Crippen molar-refractivity contribution in [3.05, 3.63) is 77.0 Å². The van der Waals surface area contributed by atoms with Crippen molar-refractivity contribution in [3.8, 4) is 5.75 Å². The second-order valence-electron chi connectivity index (χ2n) is 7.02. The largest absolute Gasteiger partial charge is 0.497 e. The fourth-order valence-corrected chi connectivity index (χ4v) is 3.50. The zero-order valence-electron chi connectivity index (χ0n) is 17.8. The lowest BCUT2D eigenvalue weighted by atomic mass is 10.1. The molecule has 0 spiro atoms. The third-order valence-electron chi connectivity index (χ3n) is 4.97. The molecule has 0 bridgehead atoms. The SMILES string of the molecule is C=CCNC(=O)COC(=O)Cc1c(C)n(C(=O)c2ccc(Cl)cc2)c2ccc(OC)cc12. The van der Waals surface area contributed by atoms with Crippen LogP contribution in [0.4, 0.5) is 0 Å².